The topological polar surface area (TPSA) is 61.4 Å². The fourth-order valence-electron chi connectivity index (χ4n) is 0.790. The summed E-state index contributed by atoms with van der Waals surface area (Å²) in [6.45, 7) is 0.0259. The number of benzene rings is 1. The maximum Gasteiger partial charge on any atom is 0.262 e. The van der Waals surface area contributed by atoms with Crippen molar-refractivity contribution >= 4 is 23.2 Å². The minimum atomic E-state index is -0.491. The van der Waals surface area contributed by atoms with Crippen molar-refractivity contribution in [3.63, 3.8) is 0 Å². The summed E-state index contributed by atoms with van der Waals surface area (Å²) >= 11 is 5.65. The van der Waals surface area contributed by atoms with Crippen molar-refractivity contribution in [1.29, 1.82) is 0 Å². The van der Waals surface area contributed by atoms with E-state index in [0.717, 1.165) is 5.69 Å². The Morgan fingerprint density at radius 2 is 2.00 bits per heavy atom. The van der Waals surface area contributed by atoms with Crippen LogP contribution in [0.4, 0.5) is 5.69 Å². The zero-order valence-corrected chi connectivity index (χ0v) is 7.51. The van der Waals surface area contributed by atoms with Crippen molar-refractivity contribution in [1.82, 2.24) is 5.48 Å². The monoisotopic (exact) mass is 200 g/mol. The SMILES string of the molecule is O=C(CNc1ccc(Cl)cc1)NO. The van der Waals surface area contributed by atoms with Crippen LogP contribution in [-0.4, -0.2) is 17.7 Å². The number of rotatable bonds is 3. The lowest BCUT2D eigenvalue weighted by Gasteiger charge is -2.03. The summed E-state index contributed by atoms with van der Waals surface area (Å²) in [5, 5.41) is 11.6. The van der Waals surface area contributed by atoms with E-state index in [-0.39, 0.29) is 6.54 Å². The molecule has 0 heterocycles. The van der Waals surface area contributed by atoms with Crippen LogP contribution in [0.15, 0.2) is 24.3 Å². The first kappa shape index (κ1) is 9.83. The highest BCUT2D eigenvalue weighted by molar-refractivity contribution is 6.30. The van der Waals surface area contributed by atoms with Crippen LogP contribution in [0.2, 0.25) is 5.02 Å². The Morgan fingerprint density at radius 1 is 1.38 bits per heavy atom. The van der Waals surface area contributed by atoms with Gasteiger partial charge in [-0.1, -0.05) is 11.6 Å². The molecular weight excluding hydrogens is 192 g/mol. The van der Waals surface area contributed by atoms with Gasteiger partial charge in [0, 0.05) is 10.7 Å². The highest BCUT2D eigenvalue weighted by Gasteiger charge is 1.97. The lowest BCUT2D eigenvalue weighted by Crippen LogP contribution is -2.26. The highest BCUT2D eigenvalue weighted by Crippen LogP contribution is 2.12. The number of anilines is 1. The number of hydrogen-bond donors (Lipinski definition) is 3. The van der Waals surface area contributed by atoms with Crippen molar-refractivity contribution < 1.29 is 10.0 Å². The zero-order chi connectivity index (χ0) is 9.68. The standard InChI is InChI=1S/C8H9ClN2O2/c9-6-1-3-7(4-2-6)10-5-8(12)11-13/h1-4,10,13H,5H2,(H,11,12). The molecule has 1 aromatic carbocycles. The van der Waals surface area contributed by atoms with E-state index >= 15 is 0 Å². The lowest BCUT2D eigenvalue weighted by molar-refractivity contribution is -0.127. The molecule has 3 N–H and O–H groups in total. The van der Waals surface area contributed by atoms with Crippen molar-refractivity contribution in [3.8, 4) is 0 Å². The Kier molecular flexibility index (Phi) is 3.54. The van der Waals surface area contributed by atoms with Gasteiger partial charge >= 0.3 is 0 Å². The van der Waals surface area contributed by atoms with Gasteiger partial charge in [0.2, 0.25) is 0 Å². The van der Waals surface area contributed by atoms with E-state index < -0.39 is 5.91 Å². The van der Waals surface area contributed by atoms with Gasteiger partial charge in [0.1, 0.15) is 0 Å². The first-order valence-corrected chi connectivity index (χ1v) is 4.02. The van der Waals surface area contributed by atoms with Crippen molar-refractivity contribution in [2.75, 3.05) is 11.9 Å². The van der Waals surface area contributed by atoms with Crippen LogP contribution in [0, 0.1) is 0 Å². The predicted octanol–water partition coefficient (Wildman–Crippen LogP) is 1.26. The molecule has 1 rings (SSSR count). The van der Waals surface area contributed by atoms with Gasteiger partial charge in [0.05, 0.1) is 6.54 Å². The van der Waals surface area contributed by atoms with E-state index in [4.69, 9.17) is 16.8 Å². The minimum absolute atomic E-state index is 0.0259. The molecular formula is C8H9ClN2O2. The molecule has 70 valence electrons. The van der Waals surface area contributed by atoms with Gasteiger partial charge in [-0.3, -0.25) is 10.0 Å². The Hall–Kier alpha value is -1.26. The quantitative estimate of drug-likeness (QED) is 0.509. The second-order valence-electron chi connectivity index (χ2n) is 2.40. The summed E-state index contributed by atoms with van der Waals surface area (Å²) in [5.41, 5.74) is 2.29. The van der Waals surface area contributed by atoms with E-state index in [1.807, 2.05) is 0 Å². The highest BCUT2D eigenvalue weighted by atomic mass is 35.5. The van der Waals surface area contributed by atoms with Crippen LogP contribution in [0.3, 0.4) is 0 Å². The number of hydrogen-bond acceptors (Lipinski definition) is 3. The normalized spacial score (nSPS) is 9.38. The van der Waals surface area contributed by atoms with Crippen LogP contribution in [0.5, 0.6) is 0 Å². The molecule has 0 radical (unpaired) electrons. The Balaban J connectivity index is 2.46. The summed E-state index contributed by atoms with van der Waals surface area (Å²) in [6.07, 6.45) is 0. The number of amides is 1. The number of carbonyl (C=O) groups is 1. The van der Waals surface area contributed by atoms with Crippen LogP contribution in [0.1, 0.15) is 0 Å². The Morgan fingerprint density at radius 3 is 2.54 bits per heavy atom. The molecule has 4 nitrogen and oxygen atoms in total. The van der Waals surface area contributed by atoms with E-state index in [9.17, 15) is 4.79 Å². The fraction of sp³-hybridized carbons (Fsp3) is 0.125. The summed E-state index contributed by atoms with van der Waals surface area (Å²) in [6, 6.07) is 6.90. The number of nitrogens with one attached hydrogen (secondary N) is 2. The van der Waals surface area contributed by atoms with Crippen molar-refractivity contribution in [2.45, 2.75) is 0 Å². The molecule has 0 aromatic heterocycles. The van der Waals surface area contributed by atoms with Crippen LogP contribution < -0.4 is 10.8 Å². The molecule has 1 amide bonds. The number of halogens is 1. The van der Waals surface area contributed by atoms with Crippen molar-refractivity contribution in [3.05, 3.63) is 29.3 Å². The summed E-state index contributed by atoms with van der Waals surface area (Å²) < 4.78 is 0. The average molecular weight is 201 g/mol. The van der Waals surface area contributed by atoms with Gasteiger partial charge in [0.15, 0.2) is 0 Å². The average Bonchev–Trinajstić information content (AvgIpc) is 2.16. The molecule has 5 heteroatoms. The smallest absolute Gasteiger partial charge is 0.262 e. The van der Waals surface area contributed by atoms with Gasteiger partial charge in [-0.15, -0.1) is 0 Å². The molecule has 0 aliphatic rings. The maximum atomic E-state index is 10.6. The summed E-state index contributed by atoms with van der Waals surface area (Å²) in [7, 11) is 0. The first-order valence-electron chi connectivity index (χ1n) is 3.65. The van der Waals surface area contributed by atoms with E-state index in [0.29, 0.717) is 5.02 Å². The van der Waals surface area contributed by atoms with Gasteiger partial charge in [0.25, 0.3) is 5.91 Å². The van der Waals surface area contributed by atoms with Crippen LogP contribution >= 0.6 is 11.6 Å². The van der Waals surface area contributed by atoms with Crippen LogP contribution in [-0.2, 0) is 4.79 Å². The third kappa shape index (κ3) is 3.31. The van der Waals surface area contributed by atoms with E-state index in [2.05, 4.69) is 5.32 Å². The van der Waals surface area contributed by atoms with Gasteiger partial charge in [-0.25, -0.2) is 5.48 Å². The zero-order valence-electron chi connectivity index (χ0n) is 6.75. The van der Waals surface area contributed by atoms with E-state index in [1.54, 1.807) is 24.3 Å². The molecule has 13 heavy (non-hydrogen) atoms. The first-order chi connectivity index (χ1) is 6.22. The summed E-state index contributed by atoms with van der Waals surface area (Å²) in [4.78, 5) is 10.6. The molecule has 0 saturated heterocycles. The molecule has 0 saturated carbocycles. The second-order valence-corrected chi connectivity index (χ2v) is 2.83. The third-order valence-electron chi connectivity index (χ3n) is 1.42. The third-order valence-corrected chi connectivity index (χ3v) is 1.67. The maximum absolute atomic E-state index is 10.6. The largest absolute Gasteiger partial charge is 0.376 e. The molecule has 0 spiro atoms. The van der Waals surface area contributed by atoms with Gasteiger partial charge in [-0.2, -0.15) is 0 Å². The molecule has 0 aliphatic carbocycles. The lowest BCUT2D eigenvalue weighted by atomic mass is 10.3. The second kappa shape index (κ2) is 4.69. The van der Waals surface area contributed by atoms with Crippen LogP contribution in [0.25, 0.3) is 0 Å². The molecule has 1 aromatic rings. The molecule has 0 aliphatic heterocycles. The molecule has 0 atom stereocenters. The Bertz CT molecular complexity index is 287. The molecule has 0 bridgehead atoms. The van der Waals surface area contributed by atoms with E-state index in [1.165, 1.54) is 5.48 Å². The predicted molar refractivity (Wildman–Crippen MR) is 49.9 cm³/mol. The minimum Gasteiger partial charge on any atom is -0.376 e. The molecule has 0 unspecified atom stereocenters. The number of carbonyl (C=O) groups excluding carboxylic acids is 1. The fourth-order valence-corrected chi connectivity index (χ4v) is 0.916. The number of hydroxylamine groups is 1. The molecule has 0 fully saturated rings. The van der Waals surface area contributed by atoms with Gasteiger partial charge in [-0.05, 0) is 24.3 Å². The van der Waals surface area contributed by atoms with Gasteiger partial charge < -0.3 is 5.32 Å². The Labute approximate surface area is 80.5 Å². The summed E-state index contributed by atoms with van der Waals surface area (Å²) in [5.74, 6) is -0.491. The van der Waals surface area contributed by atoms with Crippen molar-refractivity contribution in [2.24, 2.45) is 0 Å².